The lowest BCUT2D eigenvalue weighted by atomic mass is 9.45. The van der Waals surface area contributed by atoms with E-state index >= 15 is 0 Å². The molecule has 0 radical (unpaired) electrons. The van der Waals surface area contributed by atoms with Crippen molar-refractivity contribution in [2.75, 3.05) is 6.54 Å². The summed E-state index contributed by atoms with van der Waals surface area (Å²) in [6, 6.07) is 17.5. The van der Waals surface area contributed by atoms with Crippen molar-refractivity contribution in [2.24, 2.45) is 28.6 Å². The number of hydrogen-bond acceptors (Lipinski definition) is 5. The number of amides is 2. The zero-order valence-corrected chi connectivity index (χ0v) is 27.1. The number of rotatable bonds is 7. The SMILES string of the molecule is CCCNC(=O)[C@@]1(O)CCC2C3CCC4=Cc5c(cnn5-c5cccc(C(=O)NCc6ccccc6)c5)CC4(C)C3C(O)CC21C. The van der Waals surface area contributed by atoms with Gasteiger partial charge in [0, 0.05) is 24.1 Å². The van der Waals surface area contributed by atoms with Crippen LogP contribution in [0.4, 0.5) is 0 Å². The minimum Gasteiger partial charge on any atom is -0.393 e. The third kappa shape index (κ3) is 4.75. The Balaban J connectivity index is 1.13. The van der Waals surface area contributed by atoms with Gasteiger partial charge < -0.3 is 20.8 Å². The molecule has 8 nitrogen and oxygen atoms in total. The lowest BCUT2D eigenvalue weighted by Crippen LogP contribution is -2.63. The molecule has 7 atom stereocenters. The molecular weight excluding hydrogens is 576 g/mol. The standard InChI is InChI=1S/C38H46N4O4/c1-4-17-39-35(45)38(46)16-15-30-29-14-13-27-19-31-26(20-36(27,2)33(29)32(43)21-37(30,38)3)23-41-42(31)28-12-8-11-25(18-28)34(44)40-22-24-9-6-5-7-10-24/h5-12,18-19,23,29-30,32-33,43,46H,4,13-17,20-22H2,1-3H3,(H,39,45)(H,40,44)/t29?,30?,32?,33?,36?,37?,38-/m0/s1. The van der Waals surface area contributed by atoms with Crippen LogP contribution in [0.15, 0.2) is 66.4 Å². The highest BCUT2D eigenvalue weighted by Gasteiger charge is 2.68. The molecule has 0 aliphatic heterocycles. The van der Waals surface area contributed by atoms with E-state index in [0.29, 0.717) is 31.5 Å². The summed E-state index contributed by atoms with van der Waals surface area (Å²) in [5.74, 6) is 0.0406. The van der Waals surface area contributed by atoms with Gasteiger partial charge in [-0.1, -0.05) is 62.7 Å². The second-order valence-corrected chi connectivity index (χ2v) is 14.6. The normalized spacial score (nSPS) is 32.8. The molecule has 46 heavy (non-hydrogen) atoms. The largest absolute Gasteiger partial charge is 0.393 e. The smallest absolute Gasteiger partial charge is 0.252 e. The van der Waals surface area contributed by atoms with Gasteiger partial charge in [0.1, 0.15) is 5.60 Å². The molecule has 1 heterocycles. The van der Waals surface area contributed by atoms with Gasteiger partial charge in [0.15, 0.2) is 0 Å². The van der Waals surface area contributed by atoms with Crippen LogP contribution in [0.1, 0.15) is 86.5 Å². The molecule has 6 unspecified atom stereocenters. The number of aromatic nitrogens is 2. The highest BCUT2D eigenvalue weighted by atomic mass is 16.3. The number of allylic oxidation sites excluding steroid dienone is 1. The van der Waals surface area contributed by atoms with E-state index in [2.05, 4.69) is 23.6 Å². The molecular formula is C38H46N4O4. The molecule has 7 rings (SSSR count). The summed E-state index contributed by atoms with van der Waals surface area (Å²) < 4.78 is 1.93. The lowest BCUT2D eigenvalue weighted by Gasteiger charge is -2.60. The first kappa shape index (κ1) is 30.9. The average Bonchev–Trinajstić information content (AvgIpc) is 3.58. The van der Waals surface area contributed by atoms with E-state index in [1.54, 1.807) is 0 Å². The number of aliphatic hydroxyl groups is 2. The van der Waals surface area contributed by atoms with Crippen molar-refractivity contribution in [1.82, 2.24) is 20.4 Å². The van der Waals surface area contributed by atoms with Crippen LogP contribution < -0.4 is 10.6 Å². The Bertz CT molecular complexity index is 1680. The molecule has 4 N–H and O–H groups in total. The molecule has 1 aromatic heterocycles. The maximum atomic E-state index is 13.3. The van der Waals surface area contributed by atoms with Gasteiger partial charge >= 0.3 is 0 Å². The third-order valence-electron chi connectivity index (χ3n) is 12.1. The van der Waals surface area contributed by atoms with Crippen LogP contribution in [-0.2, 0) is 17.8 Å². The van der Waals surface area contributed by atoms with E-state index in [1.165, 1.54) is 5.57 Å². The number of carbonyl (C=O) groups excluding carboxylic acids is 2. The van der Waals surface area contributed by atoms with Gasteiger partial charge in [0.25, 0.3) is 11.8 Å². The number of carbonyl (C=O) groups is 2. The summed E-state index contributed by atoms with van der Waals surface area (Å²) in [6.45, 7) is 7.36. The molecule has 4 aliphatic rings. The van der Waals surface area contributed by atoms with Gasteiger partial charge in [0.2, 0.25) is 0 Å². The van der Waals surface area contributed by atoms with Gasteiger partial charge in [-0.05, 0) is 104 Å². The van der Waals surface area contributed by atoms with E-state index in [0.717, 1.165) is 54.6 Å². The zero-order chi connectivity index (χ0) is 32.3. The highest BCUT2D eigenvalue weighted by molar-refractivity contribution is 5.94. The van der Waals surface area contributed by atoms with Gasteiger partial charge in [0.05, 0.1) is 23.7 Å². The number of nitrogens with one attached hydrogen (secondary N) is 2. The Kier molecular flexibility index (Phi) is 7.72. The number of fused-ring (bicyclic) bond motifs is 6. The maximum absolute atomic E-state index is 13.3. The van der Waals surface area contributed by atoms with Gasteiger partial charge in [-0.25, -0.2) is 4.68 Å². The maximum Gasteiger partial charge on any atom is 0.252 e. The molecule has 242 valence electrons. The van der Waals surface area contributed by atoms with Crippen LogP contribution in [-0.4, -0.2) is 50.1 Å². The van der Waals surface area contributed by atoms with Crippen molar-refractivity contribution in [3.63, 3.8) is 0 Å². The van der Waals surface area contributed by atoms with Crippen LogP contribution in [0.2, 0.25) is 0 Å². The fraction of sp³-hybridized carbons (Fsp3) is 0.500. The summed E-state index contributed by atoms with van der Waals surface area (Å²) in [5, 5.41) is 34.5. The van der Waals surface area contributed by atoms with Crippen molar-refractivity contribution in [3.8, 4) is 5.69 Å². The number of nitrogens with zero attached hydrogens (tertiary/aromatic N) is 2. The molecule has 2 amide bonds. The number of aliphatic hydroxyl groups excluding tert-OH is 1. The summed E-state index contributed by atoms with van der Waals surface area (Å²) >= 11 is 0. The molecule has 0 saturated heterocycles. The Morgan fingerprint density at radius 3 is 2.65 bits per heavy atom. The average molecular weight is 623 g/mol. The van der Waals surface area contributed by atoms with E-state index in [-0.39, 0.29) is 35.0 Å². The van der Waals surface area contributed by atoms with Crippen molar-refractivity contribution >= 4 is 17.9 Å². The van der Waals surface area contributed by atoms with Crippen LogP contribution >= 0.6 is 0 Å². The van der Waals surface area contributed by atoms with Crippen LogP contribution in [0.5, 0.6) is 0 Å². The predicted octanol–water partition coefficient (Wildman–Crippen LogP) is 5.21. The summed E-state index contributed by atoms with van der Waals surface area (Å²) in [5.41, 5.74) is 3.61. The fourth-order valence-electron chi connectivity index (χ4n) is 9.81. The minimum atomic E-state index is -1.45. The van der Waals surface area contributed by atoms with E-state index < -0.39 is 17.1 Å². The second-order valence-electron chi connectivity index (χ2n) is 14.6. The molecule has 3 aromatic rings. The second kappa shape index (κ2) is 11.5. The molecule has 0 spiro atoms. The Morgan fingerprint density at radius 1 is 1.07 bits per heavy atom. The Hall–Kier alpha value is -3.75. The van der Waals surface area contributed by atoms with E-state index in [9.17, 15) is 19.8 Å². The summed E-state index contributed by atoms with van der Waals surface area (Å²) in [7, 11) is 0. The summed E-state index contributed by atoms with van der Waals surface area (Å²) in [4.78, 5) is 26.3. The molecule has 4 aliphatic carbocycles. The summed E-state index contributed by atoms with van der Waals surface area (Å²) in [6.07, 6.45) is 8.67. The van der Waals surface area contributed by atoms with Gasteiger partial charge in [-0.15, -0.1) is 0 Å². The van der Waals surface area contributed by atoms with Crippen LogP contribution in [0.3, 0.4) is 0 Å². The van der Waals surface area contributed by atoms with Crippen molar-refractivity contribution < 1.29 is 19.8 Å². The fourth-order valence-corrected chi connectivity index (χ4v) is 9.81. The van der Waals surface area contributed by atoms with Crippen molar-refractivity contribution in [3.05, 3.63) is 88.8 Å². The van der Waals surface area contributed by atoms with Crippen LogP contribution in [0, 0.1) is 28.6 Å². The Morgan fingerprint density at radius 2 is 1.87 bits per heavy atom. The number of benzene rings is 2. The first-order valence-electron chi connectivity index (χ1n) is 17.0. The first-order valence-corrected chi connectivity index (χ1v) is 17.0. The molecule has 2 aromatic carbocycles. The first-order chi connectivity index (χ1) is 22.1. The molecule has 0 bridgehead atoms. The Labute approximate surface area is 271 Å². The predicted molar refractivity (Wildman–Crippen MR) is 177 cm³/mol. The lowest BCUT2D eigenvalue weighted by molar-refractivity contribution is -0.181. The zero-order valence-electron chi connectivity index (χ0n) is 27.1. The van der Waals surface area contributed by atoms with E-state index in [4.69, 9.17) is 5.10 Å². The molecule has 8 heteroatoms. The van der Waals surface area contributed by atoms with Crippen molar-refractivity contribution in [1.29, 1.82) is 0 Å². The van der Waals surface area contributed by atoms with Gasteiger partial charge in [-0.3, -0.25) is 9.59 Å². The highest BCUT2D eigenvalue weighted by Crippen LogP contribution is 2.67. The third-order valence-corrected chi connectivity index (χ3v) is 12.1. The van der Waals surface area contributed by atoms with Crippen LogP contribution in [0.25, 0.3) is 11.8 Å². The molecule has 3 fully saturated rings. The minimum absolute atomic E-state index is 0.0415. The van der Waals surface area contributed by atoms with E-state index in [1.807, 2.05) is 79.3 Å². The topological polar surface area (TPSA) is 116 Å². The monoisotopic (exact) mass is 622 g/mol. The number of hydrogen-bond donors (Lipinski definition) is 4. The molecule has 3 saturated carbocycles. The van der Waals surface area contributed by atoms with Gasteiger partial charge in [-0.2, -0.15) is 5.10 Å². The quantitative estimate of drug-likeness (QED) is 0.289. The van der Waals surface area contributed by atoms with Crippen molar-refractivity contribution in [2.45, 2.75) is 84.0 Å².